The third-order valence-corrected chi connectivity index (χ3v) is 2.64. The second-order valence-electron chi connectivity index (χ2n) is 2.92. The molecule has 2 N–H and O–H groups in total. The fourth-order valence-electron chi connectivity index (χ4n) is 1.14. The molecule has 7 heteroatoms. The van der Waals surface area contributed by atoms with Crippen molar-refractivity contribution in [3.63, 3.8) is 0 Å². The highest BCUT2D eigenvalue weighted by Gasteiger charge is 2.10. The molecule has 0 aliphatic rings. The summed E-state index contributed by atoms with van der Waals surface area (Å²) in [6.07, 6.45) is 3.07. The van der Waals surface area contributed by atoms with Gasteiger partial charge < -0.3 is 10.4 Å². The largest absolute Gasteiger partial charge is 0.478 e. The molecule has 0 saturated carbocycles. The zero-order valence-electron chi connectivity index (χ0n) is 8.12. The van der Waals surface area contributed by atoms with Crippen molar-refractivity contribution in [3.8, 4) is 0 Å². The molecule has 0 unspecified atom stereocenters. The minimum absolute atomic E-state index is 0.111. The van der Waals surface area contributed by atoms with Crippen molar-refractivity contribution in [2.75, 3.05) is 5.32 Å². The number of thiazole rings is 1. The van der Waals surface area contributed by atoms with Gasteiger partial charge in [0.25, 0.3) is 0 Å². The zero-order valence-corrected chi connectivity index (χ0v) is 8.94. The fourth-order valence-corrected chi connectivity index (χ4v) is 1.67. The first-order valence-corrected chi connectivity index (χ1v) is 5.31. The van der Waals surface area contributed by atoms with Crippen LogP contribution < -0.4 is 5.32 Å². The van der Waals surface area contributed by atoms with E-state index in [1.807, 2.05) is 0 Å². The maximum absolute atomic E-state index is 10.9. The van der Waals surface area contributed by atoms with Crippen molar-refractivity contribution in [3.05, 3.63) is 34.4 Å². The van der Waals surface area contributed by atoms with Gasteiger partial charge >= 0.3 is 5.97 Å². The number of carboxylic acids is 1. The Morgan fingerprint density at radius 3 is 3.12 bits per heavy atom. The monoisotopic (exact) mass is 236 g/mol. The highest BCUT2D eigenvalue weighted by molar-refractivity contribution is 7.09. The number of aromatic carboxylic acids is 1. The van der Waals surface area contributed by atoms with Crippen molar-refractivity contribution in [1.82, 2.24) is 15.2 Å². The molecule has 0 radical (unpaired) electrons. The molecule has 0 aliphatic carbocycles. The van der Waals surface area contributed by atoms with E-state index in [1.54, 1.807) is 11.7 Å². The third kappa shape index (κ3) is 2.31. The summed E-state index contributed by atoms with van der Waals surface area (Å²) in [6, 6.07) is 1.41. The average molecular weight is 236 g/mol. The van der Waals surface area contributed by atoms with Crippen LogP contribution >= 0.6 is 11.3 Å². The Hall–Kier alpha value is -2.02. The van der Waals surface area contributed by atoms with Crippen LogP contribution in [0.4, 0.5) is 5.82 Å². The number of nitrogens with zero attached hydrogens (tertiary/aromatic N) is 3. The van der Waals surface area contributed by atoms with E-state index < -0.39 is 5.97 Å². The molecule has 2 heterocycles. The summed E-state index contributed by atoms with van der Waals surface area (Å²) in [5.74, 6) is -0.759. The van der Waals surface area contributed by atoms with Crippen molar-refractivity contribution in [2.24, 2.45) is 0 Å². The molecule has 82 valence electrons. The number of anilines is 1. The standard InChI is InChI=1S/C9H8N4O2S/c14-9(15)7-1-2-12-13-8(7)11-4-6-3-10-5-16-6/h1-3,5H,4H2,(H,11,13)(H,14,15). The minimum Gasteiger partial charge on any atom is -0.478 e. The van der Waals surface area contributed by atoms with Gasteiger partial charge in [-0.15, -0.1) is 16.4 Å². The van der Waals surface area contributed by atoms with Gasteiger partial charge in [-0.25, -0.2) is 4.79 Å². The summed E-state index contributed by atoms with van der Waals surface area (Å²) in [5.41, 5.74) is 1.82. The number of aromatic nitrogens is 3. The molecule has 16 heavy (non-hydrogen) atoms. The van der Waals surface area contributed by atoms with Gasteiger partial charge in [-0.1, -0.05) is 0 Å². The lowest BCUT2D eigenvalue weighted by Gasteiger charge is -2.05. The van der Waals surface area contributed by atoms with E-state index in [0.717, 1.165) is 4.88 Å². The molecule has 0 amide bonds. The predicted octanol–water partition coefficient (Wildman–Crippen LogP) is 1.24. The average Bonchev–Trinajstić information content (AvgIpc) is 2.79. The molecular weight excluding hydrogens is 228 g/mol. The molecule has 2 aromatic rings. The van der Waals surface area contributed by atoms with Gasteiger partial charge in [0.2, 0.25) is 0 Å². The number of hydrogen-bond acceptors (Lipinski definition) is 6. The first-order valence-electron chi connectivity index (χ1n) is 4.43. The number of rotatable bonds is 4. The summed E-state index contributed by atoms with van der Waals surface area (Å²) < 4.78 is 0. The van der Waals surface area contributed by atoms with E-state index in [2.05, 4.69) is 20.5 Å². The van der Waals surface area contributed by atoms with Crippen LogP contribution in [0, 0.1) is 0 Å². The first-order chi connectivity index (χ1) is 7.77. The zero-order chi connectivity index (χ0) is 11.4. The van der Waals surface area contributed by atoms with Crippen LogP contribution in [-0.4, -0.2) is 26.3 Å². The van der Waals surface area contributed by atoms with E-state index in [-0.39, 0.29) is 11.4 Å². The molecular formula is C9H8N4O2S. The van der Waals surface area contributed by atoms with Crippen molar-refractivity contribution in [1.29, 1.82) is 0 Å². The maximum Gasteiger partial charge on any atom is 0.339 e. The van der Waals surface area contributed by atoms with Crippen LogP contribution in [0.15, 0.2) is 24.0 Å². The van der Waals surface area contributed by atoms with E-state index in [4.69, 9.17) is 5.11 Å². The van der Waals surface area contributed by atoms with Crippen molar-refractivity contribution in [2.45, 2.75) is 6.54 Å². The van der Waals surface area contributed by atoms with E-state index >= 15 is 0 Å². The predicted molar refractivity (Wildman–Crippen MR) is 58.4 cm³/mol. The Morgan fingerprint density at radius 2 is 2.44 bits per heavy atom. The molecule has 0 saturated heterocycles. The molecule has 0 aliphatic heterocycles. The van der Waals surface area contributed by atoms with Crippen molar-refractivity contribution < 1.29 is 9.90 Å². The highest BCUT2D eigenvalue weighted by Crippen LogP contribution is 2.13. The lowest BCUT2D eigenvalue weighted by Crippen LogP contribution is -2.08. The second kappa shape index (κ2) is 4.67. The topological polar surface area (TPSA) is 88.0 Å². The van der Waals surface area contributed by atoms with Crippen LogP contribution in [0.1, 0.15) is 15.2 Å². The first kappa shape index (κ1) is 10.5. The Kier molecular flexibility index (Phi) is 3.06. The summed E-state index contributed by atoms with van der Waals surface area (Å²) in [4.78, 5) is 15.8. The lowest BCUT2D eigenvalue weighted by molar-refractivity contribution is 0.0697. The maximum atomic E-state index is 10.9. The number of carbonyl (C=O) groups is 1. The van der Waals surface area contributed by atoms with Gasteiger partial charge in [-0.2, -0.15) is 5.10 Å². The molecule has 0 spiro atoms. The molecule has 0 bridgehead atoms. The quantitative estimate of drug-likeness (QED) is 0.830. The van der Waals surface area contributed by atoms with E-state index in [1.165, 1.54) is 23.6 Å². The second-order valence-corrected chi connectivity index (χ2v) is 3.89. The van der Waals surface area contributed by atoms with Crippen molar-refractivity contribution >= 4 is 23.1 Å². The van der Waals surface area contributed by atoms with E-state index in [9.17, 15) is 4.79 Å². The van der Waals surface area contributed by atoms with Gasteiger partial charge in [0.1, 0.15) is 5.56 Å². The summed E-state index contributed by atoms with van der Waals surface area (Å²) >= 11 is 1.49. The summed E-state index contributed by atoms with van der Waals surface area (Å²) in [7, 11) is 0. The summed E-state index contributed by atoms with van der Waals surface area (Å²) in [6.45, 7) is 0.490. The van der Waals surface area contributed by atoms with Gasteiger partial charge in [0.15, 0.2) is 5.82 Å². The minimum atomic E-state index is -1.03. The van der Waals surface area contributed by atoms with Gasteiger partial charge in [0.05, 0.1) is 18.3 Å². The Bertz CT molecular complexity index is 486. The Labute approximate surface area is 95.0 Å². The van der Waals surface area contributed by atoms with Crippen LogP contribution in [-0.2, 0) is 6.54 Å². The van der Waals surface area contributed by atoms with Gasteiger partial charge in [-0.05, 0) is 6.07 Å². The van der Waals surface area contributed by atoms with E-state index in [0.29, 0.717) is 6.54 Å². The van der Waals surface area contributed by atoms with Crippen LogP contribution in [0.25, 0.3) is 0 Å². The lowest BCUT2D eigenvalue weighted by atomic mass is 10.3. The highest BCUT2D eigenvalue weighted by atomic mass is 32.1. The molecule has 0 aromatic carbocycles. The smallest absolute Gasteiger partial charge is 0.339 e. The van der Waals surface area contributed by atoms with Gasteiger partial charge in [0, 0.05) is 11.1 Å². The summed E-state index contributed by atoms with van der Waals surface area (Å²) in [5, 5.41) is 19.2. The number of nitrogens with one attached hydrogen (secondary N) is 1. The normalized spacial score (nSPS) is 10.0. The fraction of sp³-hybridized carbons (Fsp3) is 0.111. The number of carboxylic acid groups (broad SMARTS) is 1. The molecule has 2 rings (SSSR count). The molecule has 2 aromatic heterocycles. The Morgan fingerprint density at radius 1 is 1.56 bits per heavy atom. The number of hydrogen-bond donors (Lipinski definition) is 2. The van der Waals surface area contributed by atoms with Crippen LogP contribution in [0.2, 0.25) is 0 Å². The molecule has 6 nitrogen and oxygen atoms in total. The van der Waals surface area contributed by atoms with Crippen LogP contribution in [0.5, 0.6) is 0 Å². The molecule has 0 atom stereocenters. The van der Waals surface area contributed by atoms with Gasteiger partial charge in [-0.3, -0.25) is 4.98 Å². The SMILES string of the molecule is O=C(O)c1ccnnc1NCc1cncs1. The Balaban J connectivity index is 2.12. The molecule has 0 fully saturated rings. The third-order valence-electron chi connectivity index (χ3n) is 1.86. The van der Waals surface area contributed by atoms with Crippen LogP contribution in [0.3, 0.4) is 0 Å².